The summed E-state index contributed by atoms with van der Waals surface area (Å²) in [6, 6.07) is 1.54. The van der Waals surface area contributed by atoms with Gasteiger partial charge in [-0.1, -0.05) is 11.6 Å². The summed E-state index contributed by atoms with van der Waals surface area (Å²) in [5.41, 5.74) is -1.03. The molecule has 182 valence electrons. The normalized spacial score (nSPS) is 19.9. The smallest absolute Gasteiger partial charge is 0.323 e. The number of rotatable bonds is 5. The van der Waals surface area contributed by atoms with Gasteiger partial charge >= 0.3 is 6.18 Å². The Bertz CT molecular complexity index is 1370. The predicted molar refractivity (Wildman–Crippen MR) is 113 cm³/mol. The van der Waals surface area contributed by atoms with Crippen LogP contribution in [0.1, 0.15) is 31.2 Å². The largest absolute Gasteiger partial charge is 0.435 e. The molecule has 4 heterocycles. The Kier molecular flexibility index (Phi) is 5.92. The van der Waals surface area contributed by atoms with Crippen LogP contribution in [0, 0.1) is 5.82 Å². The molecule has 0 saturated carbocycles. The molecule has 0 spiro atoms. The van der Waals surface area contributed by atoms with Crippen molar-refractivity contribution in [1.82, 2.24) is 24.3 Å². The van der Waals surface area contributed by atoms with Gasteiger partial charge in [0.25, 0.3) is 0 Å². The Morgan fingerprint density at radius 1 is 1.29 bits per heavy atom. The Morgan fingerprint density at radius 2 is 2.03 bits per heavy atom. The molecule has 1 fully saturated rings. The molecule has 1 N–H and O–H groups in total. The van der Waals surface area contributed by atoms with Gasteiger partial charge in [0.15, 0.2) is 27.2 Å². The average Bonchev–Trinajstić information content (AvgIpc) is 3.41. The van der Waals surface area contributed by atoms with Gasteiger partial charge in [-0.25, -0.2) is 27.5 Å². The van der Waals surface area contributed by atoms with Crippen molar-refractivity contribution in [2.75, 3.05) is 11.1 Å². The van der Waals surface area contributed by atoms with E-state index in [9.17, 15) is 30.8 Å². The number of alkyl halides is 3. The zero-order valence-corrected chi connectivity index (χ0v) is 19.0. The zero-order chi connectivity index (χ0) is 24.9. The molecule has 4 rings (SSSR count). The molecule has 3 aromatic rings. The number of anilines is 1. The fourth-order valence-electron chi connectivity index (χ4n) is 3.65. The molecular formula is C19H17ClF4N6O3S. The van der Waals surface area contributed by atoms with Crippen molar-refractivity contribution in [2.45, 2.75) is 37.2 Å². The van der Waals surface area contributed by atoms with Gasteiger partial charge in [-0.05, 0) is 19.8 Å². The minimum Gasteiger partial charge on any atom is -0.323 e. The lowest BCUT2D eigenvalue weighted by atomic mass is 10.0. The first kappa shape index (κ1) is 24.1. The zero-order valence-electron chi connectivity index (χ0n) is 17.5. The van der Waals surface area contributed by atoms with Gasteiger partial charge in [0.2, 0.25) is 5.91 Å². The van der Waals surface area contributed by atoms with Crippen LogP contribution in [0.15, 0.2) is 30.9 Å². The number of hydrogen-bond donors (Lipinski definition) is 1. The van der Waals surface area contributed by atoms with Crippen molar-refractivity contribution in [2.24, 2.45) is 0 Å². The number of pyridine rings is 1. The molecule has 0 aromatic carbocycles. The van der Waals surface area contributed by atoms with Crippen LogP contribution in [0.2, 0.25) is 5.15 Å². The molecular weight excluding hydrogens is 504 g/mol. The molecule has 1 amide bonds. The monoisotopic (exact) mass is 520 g/mol. The van der Waals surface area contributed by atoms with E-state index in [1.165, 1.54) is 17.1 Å². The van der Waals surface area contributed by atoms with Crippen molar-refractivity contribution in [3.63, 3.8) is 0 Å². The highest BCUT2D eigenvalue weighted by atomic mass is 35.5. The van der Waals surface area contributed by atoms with Crippen molar-refractivity contribution >= 4 is 33.0 Å². The van der Waals surface area contributed by atoms with E-state index < -0.39 is 49.9 Å². The number of nitrogens with zero attached hydrogens (tertiary/aromatic N) is 5. The third kappa shape index (κ3) is 4.39. The number of imidazole rings is 1. The summed E-state index contributed by atoms with van der Waals surface area (Å²) in [4.78, 5) is 20.3. The second kappa shape index (κ2) is 8.34. The maximum atomic E-state index is 14.7. The summed E-state index contributed by atoms with van der Waals surface area (Å²) in [5, 5.41) is 5.15. The molecule has 0 aliphatic carbocycles. The summed E-state index contributed by atoms with van der Waals surface area (Å²) in [6.07, 6.45) is -0.0386. The van der Waals surface area contributed by atoms with E-state index in [2.05, 4.69) is 20.4 Å². The van der Waals surface area contributed by atoms with Crippen molar-refractivity contribution in [3.8, 4) is 5.82 Å². The number of halogens is 5. The third-order valence-corrected chi connectivity index (χ3v) is 8.46. The molecule has 0 bridgehead atoms. The van der Waals surface area contributed by atoms with Crippen LogP contribution < -0.4 is 5.32 Å². The first-order valence-electron chi connectivity index (χ1n) is 9.83. The van der Waals surface area contributed by atoms with E-state index in [4.69, 9.17) is 11.6 Å². The van der Waals surface area contributed by atoms with E-state index in [0.717, 1.165) is 12.3 Å². The molecule has 15 heteroatoms. The van der Waals surface area contributed by atoms with E-state index >= 15 is 0 Å². The minimum absolute atomic E-state index is 0.0542. The fraction of sp³-hybridized carbons (Fsp3) is 0.368. The average molecular weight is 521 g/mol. The summed E-state index contributed by atoms with van der Waals surface area (Å²) >= 11 is 5.69. The lowest BCUT2D eigenvalue weighted by Gasteiger charge is -2.19. The fourth-order valence-corrected chi connectivity index (χ4v) is 5.70. The molecule has 0 unspecified atom stereocenters. The Hall–Kier alpha value is -3.00. The van der Waals surface area contributed by atoms with Gasteiger partial charge < -0.3 is 5.32 Å². The van der Waals surface area contributed by atoms with Gasteiger partial charge in [-0.2, -0.15) is 18.3 Å². The molecule has 0 radical (unpaired) electrons. The number of nitrogens with one attached hydrogen (secondary N) is 1. The van der Waals surface area contributed by atoms with Crippen molar-refractivity contribution in [3.05, 3.63) is 53.2 Å². The molecule has 34 heavy (non-hydrogen) atoms. The van der Waals surface area contributed by atoms with Crippen LogP contribution in [0.4, 0.5) is 23.2 Å². The van der Waals surface area contributed by atoms with E-state index in [0.29, 0.717) is 23.6 Å². The molecule has 1 aliphatic rings. The lowest BCUT2D eigenvalue weighted by molar-refractivity contribution is -0.141. The SMILES string of the molecule is C[C@]1(c2cn(-c3ncc(NC(=O)Cn4nc(C(F)(F)F)cc4Cl)cc3F)cn2)CCCS1(=O)=O. The highest BCUT2D eigenvalue weighted by Gasteiger charge is 2.46. The van der Waals surface area contributed by atoms with Gasteiger partial charge in [0, 0.05) is 18.3 Å². The molecule has 1 aliphatic heterocycles. The first-order valence-corrected chi connectivity index (χ1v) is 11.9. The third-order valence-electron chi connectivity index (χ3n) is 5.54. The number of aromatic nitrogens is 5. The van der Waals surface area contributed by atoms with Crippen LogP contribution in [0.3, 0.4) is 0 Å². The minimum atomic E-state index is -4.72. The number of hydrogen-bond acceptors (Lipinski definition) is 6. The summed E-state index contributed by atoms with van der Waals surface area (Å²) in [7, 11) is -3.39. The van der Waals surface area contributed by atoms with Gasteiger partial charge in [-0.15, -0.1) is 0 Å². The second-order valence-electron chi connectivity index (χ2n) is 7.90. The lowest BCUT2D eigenvalue weighted by Crippen LogP contribution is -2.28. The Morgan fingerprint density at radius 3 is 2.62 bits per heavy atom. The van der Waals surface area contributed by atoms with Crippen molar-refractivity contribution < 1.29 is 30.8 Å². The molecule has 9 nitrogen and oxygen atoms in total. The first-order chi connectivity index (χ1) is 15.8. The number of sulfone groups is 1. The van der Waals surface area contributed by atoms with E-state index in [-0.39, 0.29) is 23.0 Å². The highest BCUT2D eigenvalue weighted by Crippen LogP contribution is 2.40. The van der Waals surface area contributed by atoms with Crippen LogP contribution in [-0.4, -0.2) is 44.4 Å². The van der Waals surface area contributed by atoms with E-state index in [1.54, 1.807) is 6.92 Å². The maximum absolute atomic E-state index is 14.7. The van der Waals surface area contributed by atoms with Crippen LogP contribution in [0.5, 0.6) is 0 Å². The van der Waals surface area contributed by atoms with Gasteiger partial charge in [-0.3, -0.25) is 9.36 Å². The molecule has 1 saturated heterocycles. The number of carbonyl (C=O) groups excluding carboxylic acids is 1. The highest BCUT2D eigenvalue weighted by molar-refractivity contribution is 7.92. The standard InChI is InChI=1S/C19H17ClF4N6O3S/c1-18(3-2-4-34(18,32)33)14-8-29(10-26-14)17-12(21)5-11(7-25-17)27-16(31)9-30-15(20)6-13(28-30)19(22,23)24/h5-8,10H,2-4,9H2,1H3,(H,27,31)/t18-/m1/s1. The van der Waals surface area contributed by atoms with E-state index in [1.807, 2.05) is 0 Å². The second-order valence-corrected chi connectivity index (χ2v) is 10.8. The number of carbonyl (C=O) groups is 1. The van der Waals surface area contributed by atoms with Crippen molar-refractivity contribution in [1.29, 1.82) is 0 Å². The number of amides is 1. The van der Waals surface area contributed by atoms with Crippen LogP contribution >= 0.6 is 11.6 Å². The van der Waals surface area contributed by atoms with Crippen LogP contribution in [-0.2, 0) is 32.1 Å². The Balaban J connectivity index is 1.49. The molecule has 1 atom stereocenters. The van der Waals surface area contributed by atoms with Gasteiger partial charge in [0.05, 0.1) is 23.3 Å². The topological polar surface area (TPSA) is 112 Å². The predicted octanol–water partition coefficient (Wildman–Crippen LogP) is 3.34. The van der Waals surface area contributed by atoms with Crippen LogP contribution in [0.25, 0.3) is 5.82 Å². The maximum Gasteiger partial charge on any atom is 0.435 e. The quantitative estimate of drug-likeness (QED) is 0.516. The summed E-state index contributed by atoms with van der Waals surface area (Å²) < 4.78 is 78.4. The Labute approximate surface area is 195 Å². The molecule has 3 aromatic heterocycles. The summed E-state index contributed by atoms with van der Waals surface area (Å²) in [5.74, 6) is -1.78. The van der Waals surface area contributed by atoms with Gasteiger partial charge in [0.1, 0.15) is 22.8 Å². The summed E-state index contributed by atoms with van der Waals surface area (Å²) in [6.45, 7) is 0.935.